The van der Waals surface area contributed by atoms with Crippen LogP contribution in [0.3, 0.4) is 0 Å². The average Bonchev–Trinajstić information content (AvgIpc) is 2.55. The molecule has 0 radical (unpaired) electrons. The maximum Gasteiger partial charge on any atom is 0.395 e. The van der Waals surface area contributed by atoms with Crippen molar-refractivity contribution in [3.63, 3.8) is 0 Å². The fourth-order valence-electron chi connectivity index (χ4n) is 3.50. The van der Waals surface area contributed by atoms with E-state index in [4.69, 9.17) is 0 Å². The molecule has 2 unspecified atom stereocenters. The fourth-order valence-corrected chi connectivity index (χ4v) is 3.90. The van der Waals surface area contributed by atoms with Crippen LogP contribution in [0.4, 0.5) is 13.2 Å². The van der Waals surface area contributed by atoms with Gasteiger partial charge in [0.15, 0.2) is 0 Å². The van der Waals surface area contributed by atoms with E-state index in [0.29, 0.717) is 0 Å². The number of rotatable bonds is 2. The summed E-state index contributed by atoms with van der Waals surface area (Å²) in [4.78, 5) is 0. The first-order valence-electron chi connectivity index (χ1n) is 8.73. The van der Waals surface area contributed by atoms with Crippen molar-refractivity contribution >= 4 is 21.6 Å². The zero-order chi connectivity index (χ0) is 18.7. The minimum Gasteiger partial charge on any atom is -0.361 e. The largest absolute Gasteiger partial charge is 0.395 e. The summed E-state index contributed by atoms with van der Waals surface area (Å²) in [6.07, 6.45) is 6.99. The summed E-state index contributed by atoms with van der Waals surface area (Å²) in [5.41, 5.74) is 3.76. The molecule has 0 aromatic heterocycles. The van der Waals surface area contributed by atoms with E-state index in [2.05, 4.69) is 27.3 Å². The quantitative estimate of drug-likeness (QED) is 0.553. The monoisotopic (exact) mass is 423 g/mol. The Morgan fingerprint density at radius 2 is 2.04 bits per heavy atom. The fraction of sp³-hybridized carbons (Fsp3) is 0.333. The van der Waals surface area contributed by atoms with Gasteiger partial charge in [-0.05, 0) is 54.0 Å². The third kappa shape index (κ3) is 4.32. The van der Waals surface area contributed by atoms with Crippen LogP contribution in [0.1, 0.15) is 31.7 Å². The van der Waals surface area contributed by atoms with Gasteiger partial charge in [0.1, 0.15) is 0 Å². The minimum absolute atomic E-state index is 0.578. The molecular formula is C21H21BrF3N. The van der Waals surface area contributed by atoms with E-state index in [1.54, 1.807) is 6.92 Å². The Hall–Kier alpha value is -1.75. The maximum absolute atomic E-state index is 13.3. The van der Waals surface area contributed by atoms with E-state index in [1.807, 2.05) is 36.5 Å². The molecule has 0 bridgehead atoms. The molecule has 0 spiro atoms. The number of halogens is 4. The van der Waals surface area contributed by atoms with Crippen molar-refractivity contribution in [3.8, 4) is 0 Å². The summed E-state index contributed by atoms with van der Waals surface area (Å²) in [5, 5.41) is 3.32. The summed E-state index contributed by atoms with van der Waals surface area (Å²) in [5.74, 6) is -2.00. The Bertz CT molecular complexity index is 787. The minimum atomic E-state index is -4.22. The third-order valence-corrected chi connectivity index (χ3v) is 5.40. The van der Waals surface area contributed by atoms with Gasteiger partial charge in [-0.1, -0.05) is 59.3 Å². The molecule has 0 fully saturated rings. The third-order valence-electron chi connectivity index (χ3n) is 4.91. The number of benzene rings is 1. The lowest BCUT2D eigenvalue weighted by molar-refractivity contribution is -0.169. The molecule has 5 heteroatoms. The van der Waals surface area contributed by atoms with Crippen LogP contribution in [0.2, 0.25) is 0 Å². The number of alkyl halides is 3. The van der Waals surface area contributed by atoms with Gasteiger partial charge in [-0.3, -0.25) is 0 Å². The van der Waals surface area contributed by atoms with E-state index in [0.717, 1.165) is 46.1 Å². The van der Waals surface area contributed by atoms with Crippen molar-refractivity contribution in [2.24, 2.45) is 11.8 Å². The van der Waals surface area contributed by atoms with Crippen molar-refractivity contribution in [3.05, 3.63) is 76.0 Å². The van der Waals surface area contributed by atoms with Crippen LogP contribution in [-0.4, -0.2) is 6.18 Å². The van der Waals surface area contributed by atoms with Gasteiger partial charge in [0.05, 0.1) is 5.92 Å². The first-order chi connectivity index (χ1) is 12.4. The SMILES string of the molecule is CC1C(C2=CNC(c3cccc(Br)c3)=CCCC2)=CC=CC1C(F)(F)F. The zero-order valence-corrected chi connectivity index (χ0v) is 16.1. The molecule has 1 heterocycles. The first-order valence-corrected chi connectivity index (χ1v) is 9.52. The van der Waals surface area contributed by atoms with Crippen molar-refractivity contribution in [2.45, 2.75) is 32.4 Å². The van der Waals surface area contributed by atoms with Crippen molar-refractivity contribution in [1.29, 1.82) is 0 Å². The van der Waals surface area contributed by atoms with E-state index in [1.165, 1.54) is 12.2 Å². The molecule has 2 aliphatic rings. The highest BCUT2D eigenvalue weighted by Crippen LogP contribution is 2.41. The van der Waals surface area contributed by atoms with E-state index < -0.39 is 18.0 Å². The summed E-state index contributed by atoms with van der Waals surface area (Å²) < 4.78 is 40.8. The van der Waals surface area contributed by atoms with Crippen LogP contribution >= 0.6 is 15.9 Å². The Balaban J connectivity index is 1.85. The summed E-state index contributed by atoms with van der Waals surface area (Å²) in [6.45, 7) is 1.66. The lowest BCUT2D eigenvalue weighted by atomic mass is 9.78. The second-order valence-corrected chi connectivity index (χ2v) is 7.61. The standard InChI is InChI=1S/C21H21BrF3N/c1-14-18(9-5-10-19(14)21(23,24)25)16-6-2-3-11-20(26-13-16)15-7-4-8-17(22)12-15/h4-5,7-14,19,26H,2-3,6H2,1H3. The molecule has 1 N–H and O–H groups in total. The zero-order valence-electron chi connectivity index (χ0n) is 14.5. The topological polar surface area (TPSA) is 12.0 Å². The lowest BCUT2D eigenvalue weighted by Gasteiger charge is -2.30. The normalized spacial score (nSPS) is 24.0. The number of hydrogen-bond donors (Lipinski definition) is 1. The van der Waals surface area contributed by atoms with Gasteiger partial charge in [0, 0.05) is 16.4 Å². The first kappa shape index (κ1) is 19.0. The van der Waals surface area contributed by atoms with Crippen LogP contribution < -0.4 is 5.32 Å². The molecule has 1 aliphatic heterocycles. The lowest BCUT2D eigenvalue weighted by Crippen LogP contribution is -2.30. The number of allylic oxidation sites excluding steroid dienone is 6. The summed E-state index contributed by atoms with van der Waals surface area (Å²) in [6, 6.07) is 7.98. The second-order valence-electron chi connectivity index (χ2n) is 6.70. The van der Waals surface area contributed by atoms with Gasteiger partial charge < -0.3 is 5.32 Å². The maximum atomic E-state index is 13.3. The van der Waals surface area contributed by atoms with Crippen LogP contribution in [0, 0.1) is 11.8 Å². The van der Waals surface area contributed by atoms with Crippen molar-refractivity contribution in [2.75, 3.05) is 0 Å². The Morgan fingerprint density at radius 3 is 2.77 bits per heavy atom. The van der Waals surface area contributed by atoms with E-state index >= 15 is 0 Å². The summed E-state index contributed by atoms with van der Waals surface area (Å²) in [7, 11) is 0. The van der Waals surface area contributed by atoms with Crippen LogP contribution in [-0.2, 0) is 0 Å². The van der Waals surface area contributed by atoms with Crippen molar-refractivity contribution in [1.82, 2.24) is 5.32 Å². The number of hydrogen-bond acceptors (Lipinski definition) is 1. The highest BCUT2D eigenvalue weighted by molar-refractivity contribution is 9.10. The number of nitrogens with one attached hydrogen (secondary N) is 1. The molecular weight excluding hydrogens is 403 g/mol. The molecule has 1 aromatic rings. The molecule has 1 nitrogen and oxygen atoms in total. The van der Waals surface area contributed by atoms with E-state index in [-0.39, 0.29) is 0 Å². The second kappa shape index (κ2) is 7.87. The van der Waals surface area contributed by atoms with Crippen LogP contribution in [0.25, 0.3) is 5.70 Å². The highest BCUT2D eigenvalue weighted by atomic mass is 79.9. The van der Waals surface area contributed by atoms with Gasteiger partial charge in [-0.2, -0.15) is 13.2 Å². The molecule has 3 rings (SSSR count). The molecule has 0 amide bonds. The van der Waals surface area contributed by atoms with Crippen LogP contribution in [0.5, 0.6) is 0 Å². The average molecular weight is 424 g/mol. The van der Waals surface area contributed by atoms with Gasteiger partial charge in [0.2, 0.25) is 0 Å². The molecule has 1 aliphatic carbocycles. The smallest absolute Gasteiger partial charge is 0.361 e. The predicted molar refractivity (Wildman–Crippen MR) is 103 cm³/mol. The predicted octanol–water partition coefficient (Wildman–Crippen LogP) is 6.76. The van der Waals surface area contributed by atoms with Crippen molar-refractivity contribution < 1.29 is 13.2 Å². The van der Waals surface area contributed by atoms with Gasteiger partial charge in [-0.15, -0.1) is 0 Å². The van der Waals surface area contributed by atoms with Crippen LogP contribution in [0.15, 0.2) is 70.4 Å². The Labute approximate surface area is 160 Å². The molecule has 1 aromatic carbocycles. The van der Waals surface area contributed by atoms with Gasteiger partial charge >= 0.3 is 6.18 Å². The van der Waals surface area contributed by atoms with Gasteiger partial charge in [0.25, 0.3) is 0 Å². The summed E-state index contributed by atoms with van der Waals surface area (Å²) >= 11 is 3.48. The highest BCUT2D eigenvalue weighted by Gasteiger charge is 2.43. The van der Waals surface area contributed by atoms with E-state index in [9.17, 15) is 13.2 Å². The Kier molecular flexibility index (Phi) is 5.76. The van der Waals surface area contributed by atoms with Gasteiger partial charge in [-0.25, -0.2) is 0 Å². The molecule has 0 saturated carbocycles. The Morgan fingerprint density at radius 1 is 1.23 bits per heavy atom. The molecule has 138 valence electrons. The molecule has 0 saturated heterocycles. The molecule has 26 heavy (non-hydrogen) atoms. The molecule has 2 atom stereocenters.